The summed E-state index contributed by atoms with van der Waals surface area (Å²) in [6.07, 6.45) is -1.85. The molecule has 0 spiro atoms. The maximum absolute atomic E-state index is 11.1. The number of esters is 1. The van der Waals surface area contributed by atoms with Crippen molar-refractivity contribution in [3.05, 3.63) is 11.6 Å². The molecule has 3 rings (SSSR count). The molecule has 1 N–H and O–H groups in total. The first-order chi connectivity index (χ1) is 9.41. The zero-order valence-electron chi connectivity index (χ0n) is 11.6. The van der Waals surface area contributed by atoms with Crippen molar-refractivity contribution < 1.29 is 33.6 Å². The van der Waals surface area contributed by atoms with Crippen LogP contribution in [0, 0.1) is 0 Å². The minimum absolute atomic E-state index is 0.0686. The fourth-order valence-corrected chi connectivity index (χ4v) is 2.81. The summed E-state index contributed by atoms with van der Waals surface area (Å²) in [5, 5.41) is 10.4. The summed E-state index contributed by atoms with van der Waals surface area (Å²) in [5.41, 5.74) is 0.476. The molecule has 3 heterocycles. The Bertz CT molecular complexity index is 444. The molecule has 0 aromatic carbocycles. The number of carbonyl (C=O) groups excluding carboxylic acids is 1. The molecule has 0 unspecified atom stereocenters. The van der Waals surface area contributed by atoms with Crippen LogP contribution in [0.15, 0.2) is 11.6 Å². The van der Waals surface area contributed by atoms with Crippen molar-refractivity contribution in [1.29, 1.82) is 0 Å². The van der Waals surface area contributed by atoms with Crippen LogP contribution in [0.2, 0.25) is 0 Å². The Morgan fingerprint density at radius 3 is 2.70 bits per heavy atom. The summed E-state index contributed by atoms with van der Waals surface area (Å²) in [6.45, 7) is 3.66. The van der Waals surface area contributed by atoms with Gasteiger partial charge in [0.1, 0.15) is 31.0 Å². The molecule has 112 valence electrons. The van der Waals surface area contributed by atoms with Crippen molar-refractivity contribution in [3.8, 4) is 0 Å². The number of aliphatic hydroxyl groups is 1. The van der Waals surface area contributed by atoms with Gasteiger partial charge in [0.2, 0.25) is 0 Å². The summed E-state index contributed by atoms with van der Waals surface area (Å²) in [4.78, 5) is 11.1. The number of hydrogen-bond donors (Lipinski definition) is 1. The summed E-state index contributed by atoms with van der Waals surface area (Å²) in [6, 6.07) is 0. The second kappa shape index (κ2) is 4.78. The van der Waals surface area contributed by atoms with Crippen LogP contribution in [0.5, 0.6) is 0 Å². The van der Waals surface area contributed by atoms with Gasteiger partial charge in [-0.15, -0.1) is 0 Å². The molecule has 0 aliphatic carbocycles. The Morgan fingerprint density at radius 2 is 2.10 bits per heavy atom. The summed E-state index contributed by atoms with van der Waals surface area (Å²) >= 11 is 0. The summed E-state index contributed by atoms with van der Waals surface area (Å²) < 4.78 is 27.2. The lowest BCUT2D eigenvalue weighted by Gasteiger charge is -2.26. The van der Waals surface area contributed by atoms with E-state index in [1.807, 2.05) is 0 Å². The van der Waals surface area contributed by atoms with Gasteiger partial charge in [-0.2, -0.15) is 0 Å². The van der Waals surface area contributed by atoms with Crippen LogP contribution >= 0.6 is 0 Å². The number of fused-ring (bicyclic) bond motifs is 1. The molecule has 0 aromatic rings. The van der Waals surface area contributed by atoms with E-state index in [4.69, 9.17) is 23.7 Å². The highest BCUT2D eigenvalue weighted by atomic mass is 16.8. The van der Waals surface area contributed by atoms with Crippen LogP contribution < -0.4 is 0 Å². The molecule has 2 fully saturated rings. The fraction of sp³-hybridized carbons (Fsp3) is 0.769. The molecule has 0 saturated carbocycles. The second-order valence-electron chi connectivity index (χ2n) is 5.54. The Kier molecular flexibility index (Phi) is 3.34. The number of hydrogen-bond acceptors (Lipinski definition) is 7. The topological polar surface area (TPSA) is 83.5 Å². The van der Waals surface area contributed by atoms with Gasteiger partial charge in [0.25, 0.3) is 0 Å². The van der Waals surface area contributed by atoms with Gasteiger partial charge >= 0.3 is 5.97 Å². The molecule has 0 aromatic heterocycles. The van der Waals surface area contributed by atoms with Gasteiger partial charge in [-0.1, -0.05) is 0 Å². The van der Waals surface area contributed by atoms with Crippen molar-refractivity contribution in [2.75, 3.05) is 13.7 Å². The first kappa shape index (κ1) is 14.0. The zero-order valence-corrected chi connectivity index (χ0v) is 11.6. The molecule has 3 aliphatic heterocycles. The van der Waals surface area contributed by atoms with Crippen LogP contribution in [-0.4, -0.2) is 61.3 Å². The molecule has 2 saturated heterocycles. The van der Waals surface area contributed by atoms with Gasteiger partial charge in [0, 0.05) is 18.8 Å². The molecule has 0 bridgehead atoms. The van der Waals surface area contributed by atoms with Crippen LogP contribution in [0.3, 0.4) is 0 Å². The normalized spacial score (nSPS) is 40.4. The molecule has 5 atom stereocenters. The average molecular weight is 286 g/mol. The number of cyclic esters (lactones) is 1. The number of ether oxygens (including phenoxy) is 5. The van der Waals surface area contributed by atoms with Crippen LogP contribution in [0.25, 0.3) is 0 Å². The van der Waals surface area contributed by atoms with E-state index in [2.05, 4.69) is 0 Å². The highest BCUT2D eigenvalue weighted by Crippen LogP contribution is 2.41. The molecule has 3 aliphatic rings. The smallest absolute Gasteiger partial charge is 0.331 e. The third kappa shape index (κ3) is 2.25. The van der Waals surface area contributed by atoms with Crippen LogP contribution in [-0.2, 0) is 28.5 Å². The minimum Gasteiger partial charge on any atom is -0.458 e. The van der Waals surface area contributed by atoms with Gasteiger partial charge in [0.05, 0.1) is 0 Å². The van der Waals surface area contributed by atoms with Crippen molar-refractivity contribution >= 4 is 5.97 Å². The molecule has 0 amide bonds. The quantitative estimate of drug-likeness (QED) is 0.714. The van der Waals surface area contributed by atoms with Gasteiger partial charge in [-0.25, -0.2) is 4.79 Å². The lowest BCUT2D eigenvalue weighted by molar-refractivity contribution is -0.234. The SMILES string of the molecule is CO[C@H]1O[C@H]([C@H](O)C2=CC(=O)OC2)[C@@H]2OC(C)(C)O[C@H]12. The molecule has 7 heteroatoms. The van der Waals surface area contributed by atoms with Gasteiger partial charge < -0.3 is 28.8 Å². The van der Waals surface area contributed by atoms with E-state index in [1.54, 1.807) is 13.8 Å². The molecule has 7 nitrogen and oxygen atoms in total. The largest absolute Gasteiger partial charge is 0.458 e. The number of methoxy groups -OCH3 is 1. The van der Waals surface area contributed by atoms with Crippen molar-refractivity contribution in [1.82, 2.24) is 0 Å². The van der Waals surface area contributed by atoms with E-state index in [0.717, 1.165) is 0 Å². The zero-order chi connectivity index (χ0) is 14.5. The first-order valence-corrected chi connectivity index (χ1v) is 6.50. The number of rotatable bonds is 3. The van der Waals surface area contributed by atoms with E-state index in [0.29, 0.717) is 5.57 Å². The van der Waals surface area contributed by atoms with Gasteiger partial charge in [-0.3, -0.25) is 0 Å². The third-order valence-electron chi connectivity index (χ3n) is 3.65. The maximum atomic E-state index is 11.1. The predicted octanol–water partition coefficient (Wildman–Crippen LogP) is -0.278. The lowest BCUT2D eigenvalue weighted by Crippen LogP contribution is -2.39. The van der Waals surface area contributed by atoms with E-state index in [9.17, 15) is 9.90 Å². The summed E-state index contributed by atoms with van der Waals surface area (Å²) in [5.74, 6) is -1.22. The van der Waals surface area contributed by atoms with Gasteiger partial charge in [-0.05, 0) is 13.8 Å². The van der Waals surface area contributed by atoms with E-state index in [-0.39, 0.29) is 6.61 Å². The van der Waals surface area contributed by atoms with Crippen molar-refractivity contribution in [3.63, 3.8) is 0 Å². The molecule has 0 radical (unpaired) electrons. The van der Waals surface area contributed by atoms with E-state index < -0.39 is 42.5 Å². The Morgan fingerprint density at radius 1 is 1.40 bits per heavy atom. The number of aliphatic hydroxyl groups excluding tert-OH is 1. The average Bonchev–Trinajstić information content (AvgIpc) is 3.01. The predicted molar refractivity (Wildman–Crippen MR) is 64.5 cm³/mol. The lowest BCUT2D eigenvalue weighted by atomic mass is 10.00. The van der Waals surface area contributed by atoms with Gasteiger partial charge in [0.15, 0.2) is 12.1 Å². The Labute approximate surface area is 116 Å². The standard InChI is InChI=1S/C13H18O7/c1-13(2)19-10-9(18-12(16-3)11(10)20-13)8(15)6-4-7(14)17-5-6/h4,8-12,15H,5H2,1-3H3/t8-,9-,10+,11+,12+/m1/s1. The van der Waals surface area contributed by atoms with E-state index in [1.165, 1.54) is 13.2 Å². The van der Waals surface area contributed by atoms with Crippen LogP contribution in [0.4, 0.5) is 0 Å². The Balaban J connectivity index is 1.80. The first-order valence-electron chi connectivity index (χ1n) is 6.50. The Hall–Kier alpha value is -0.990. The fourth-order valence-electron chi connectivity index (χ4n) is 2.81. The summed E-state index contributed by atoms with van der Waals surface area (Å²) in [7, 11) is 1.51. The van der Waals surface area contributed by atoms with Crippen molar-refractivity contribution in [2.45, 2.75) is 50.3 Å². The minimum atomic E-state index is -0.994. The van der Waals surface area contributed by atoms with Crippen molar-refractivity contribution in [2.24, 2.45) is 0 Å². The van der Waals surface area contributed by atoms with Crippen LogP contribution in [0.1, 0.15) is 13.8 Å². The number of carbonyl (C=O) groups is 1. The monoisotopic (exact) mass is 286 g/mol. The molecular weight excluding hydrogens is 268 g/mol. The molecule has 20 heavy (non-hydrogen) atoms. The molecular formula is C13H18O7. The third-order valence-corrected chi connectivity index (χ3v) is 3.65. The van der Waals surface area contributed by atoms with E-state index >= 15 is 0 Å². The second-order valence-corrected chi connectivity index (χ2v) is 5.54. The highest BCUT2D eigenvalue weighted by Gasteiger charge is 2.57. The highest BCUT2D eigenvalue weighted by molar-refractivity contribution is 5.85. The maximum Gasteiger partial charge on any atom is 0.331 e.